The number of benzene rings is 1. The molecule has 3 rings (SSSR count). The molecule has 0 aliphatic carbocycles. The number of nitrogens with one attached hydrogen (secondary N) is 1. The molecule has 1 aliphatic heterocycles. The Morgan fingerprint density at radius 2 is 2.09 bits per heavy atom. The number of rotatable bonds is 5. The minimum Gasteiger partial charge on any atom is -0.353 e. The van der Waals surface area contributed by atoms with E-state index in [-0.39, 0.29) is 18.4 Å². The SMILES string of the molecule is O=C(CN1C(=O)CCCc2ccccc21)NCCn1cccn1. The zero-order valence-electron chi connectivity index (χ0n) is 12.9. The first kappa shape index (κ1) is 15.3. The van der Waals surface area contributed by atoms with Crippen LogP contribution in [0, 0.1) is 0 Å². The van der Waals surface area contributed by atoms with Crippen LogP contribution in [0.3, 0.4) is 0 Å². The smallest absolute Gasteiger partial charge is 0.240 e. The first-order valence-corrected chi connectivity index (χ1v) is 7.86. The van der Waals surface area contributed by atoms with Crippen molar-refractivity contribution in [1.29, 1.82) is 0 Å². The number of hydrogen-bond acceptors (Lipinski definition) is 3. The van der Waals surface area contributed by atoms with Gasteiger partial charge in [-0.25, -0.2) is 0 Å². The lowest BCUT2D eigenvalue weighted by molar-refractivity contribution is -0.123. The van der Waals surface area contributed by atoms with Crippen LogP contribution < -0.4 is 10.2 Å². The maximum absolute atomic E-state index is 12.3. The Hall–Kier alpha value is -2.63. The van der Waals surface area contributed by atoms with Gasteiger partial charge in [-0.3, -0.25) is 14.3 Å². The average Bonchev–Trinajstić information content (AvgIpc) is 3.01. The van der Waals surface area contributed by atoms with Gasteiger partial charge in [0, 0.05) is 31.0 Å². The molecule has 1 N–H and O–H groups in total. The molecule has 0 radical (unpaired) electrons. The molecule has 120 valence electrons. The molecule has 6 nitrogen and oxygen atoms in total. The summed E-state index contributed by atoms with van der Waals surface area (Å²) < 4.78 is 1.76. The third-order valence-corrected chi connectivity index (χ3v) is 3.94. The van der Waals surface area contributed by atoms with E-state index in [1.807, 2.05) is 36.5 Å². The Bertz CT molecular complexity index is 682. The number of para-hydroxylation sites is 1. The zero-order chi connectivity index (χ0) is 16.1. The van der Waals surface area contributed by atoms with Crippen LogP contribution in [0.5, 0.6) is 0 Å². The van der Waals surface area contributed by atoms with Crippen molar-refractivity contribution < 1.29 is 9.59 Å². The fourth-order valence-corrected chi connectivity index (χ4v) is 2.80. The van der Waals surface area contributed by atoms with Crippen LogP contribution in [0.2, 0.25) is 0 Å². The summed E-state index contributed by atoms with van der Waals surface area (Å²) in [5.74, 6) is -0.139. The van der Waals surface area contributed by atoms with Crippen LogP contribution >= 0.6 is 0 Å². The van der Waals surface area contributed by atoms with Crippen molar-refractivity contribution >= 4 is 17.5 Å². The van der Waals surface area contributed by atoms with Gasteiger partial charge < -0.3 is 10.2 Å². The highest BCUT2D eigenvalue weighted by molar-refractivity contribution is 5.99. The van der Waals surface area contributed by atoms with Gasteiger partial charge in [0.05, 0.1) is 6.54 Å². The molecule has 0 bridgehead atoms. The standard InChI is InChI=1S/C17H20N4O2/c22-16(18-10-12-20-11-4-9-19-20)13-21-15-7-2-1-5-14(15)6-3-8-17(21)23/h1-2,4-5,7,9,11H,3,6,8,10,12-13H2,(H,18,22). The predicted octanol–water partition coefficient (Wildman–Crippen LogP) is 1.37. The highest BCUT2D eigenvalue weighted by Gasteiger charge is 2.23. The highest BCUT2D eigenvalue weighted by atomic mass is 16.2. The number of hydrogen-bond donors (Lipinski definition) is 1. The Morgan fingerprint density at radius 3 is 2.91 bits per heavy atom. The van der Waals surface area contributed by atoms with Crippen LogP contribution in [0.15, 0.2) is 42.7 Å². The van der Waals surface area contributed by atoms with E-state index in [1.54, 1.807) is 15.8 Å². The lowest BCUT2D eigenvalue weighted by Gasteiger charge is -2.22. The van der Waals surface area contributed by atoms with E-state index in [1.165, 1.54) is 0 Å². The lowest BCUT2D eigenvalue weighted by atomic mass is 10.1. The summed E-state index contributed by atoms with van der Waals surface area (Å²) in [5, 5.41) is 6.93. The summed E-state index contributed by atoms with van der Waals surface area (Å²) in [7, 11) is 0. The Balaban J connectivity index is 1.61. The Morgan fingerprint density at radius 1 is 1.22 bits per heavy atom. The largest absolute Gasteiger partial charge is 0.353 e. The molecule has 0 spiro atoms. The first-order valence-electron chi connectivity index (χ1n) is 7.86. The van der Waals surface area contributed by atoms with Gasteiger partial charge in [-0.1, -0.05) is 18.2 Å². The van der Waals surface area contributed by atoms with E-state index in [0.29, 0.717) is 19.5 Å². The van der Waals surface area contributed by atoms with Gasteiger partial charge in [-0.15, -0.1) is 0 Å². The maximum Gasteiger partial charge on any atom is 0.240 e. The van der Waals surface area contributed by atoms with Crippen molar-refractivity contribution in [3.8, 4) is 0 Å². The van der Waals surface area contributed by atoms with Gasteiger partial charge in [-0.2, -0.15) is 5.10 Å². The Labute approximate surface area is 135 Å². The lowest BCUT2D eigenvalue weighted by Crippen LogP contribution is -2.41. The zero-order valence-corrected chi connectivity index (χ0v) is 12.9. The molecule has 0 saturated carbocycles. The van der Waals surface area contributed by atoms with Crippen LogP contribution in [0.1, 0.15) is 18.4 Å². The molecular weight excluding hydrogens is 292 g/mol. The van der Waals surface area contributed by atoms with E-state index in [4.69, 9.17) is 0 Å². The van der Waals surface area contributed by atoms with Crippen molar-refractivity contribution in [2.45, 2.75) is 25.8 Å². The minimum atomic E-state index is -0.151. The quantitative estimate of drug-likeness (QED) is 0.907. The predicted molar refractivity (Wildman–Crippen MR) is 87.0 cm³/mol. The normalized spacial score (nSPS) is 14.3. The summed E-state index contributed by atoms with van der Waals surface area (Å²) in [6, 6.07) is 9.65. The third-order valence-electron chi connectivity index (χ3n) is 3.94. The Kier molecular flexibility index (Phi) is 4.71. The molecule has 23 heavy (non-hydrogen) atoms. The number of anilines is 1. The number of amides is 2. The molecule has 2 amide bonds. The van der Waals surface area contributed by atoms with Crippen LogP contribution in [0.25, 0.3) is 0 Å². The summed E-state index contributed by atoms with van der Waals surface area (Å²) in [4.78, 5) is 26.1. The molecule has 2 aromatic rings. The summed E-state index contributed by atoms with van der Waals surface area (Å²) in [6.07, 6.45) is 5.73. The second-order valence-corrected chi connectivity index (χ2v) is 5.58. The molecule has 1 aromatic heterocycles. The van der Waals surface area contributed by atoms with Gasteiger partial charge in [0.15, 0.2) is 0 Å². The second-order valence-electron chi connectivity index (χ2n) is 5.58. The number of nitrogens with zero attached hydrogens (tertiary/aromatic N) is 3. The van der Waals surface area contributed by atoms with Crippen LogP contribution in [0.4, 0.5) is 5.69 Å². The number of aromatic nitrogens is 2. The van der Waals surface area contributed by atoms with E-state index in [0.717, 1.165) is 24.1 Å². The van der Waals surface area contributed by atoms with E-state index < -0.39 is 0 Å². The third kappa shape index (κ3) is 3.77. The van der Waals surface area contributed by atoms with Crippen molar-refractivity contribution in [2.75, 3.05) is 18.0 Å². The fourth-order valence-electron chi connectivity index (χ4n) is 2.80. The number of carbonyl (C=O) groups is 2. The van der Waals surface area contributed by atoms with Crippen molar-refractivity contribution in [2.24, 2.45) is 0 Å². The number of fused-ring (bicyclic) bond motifs is 1. The molecule has 6 heteroatoms. The summed E-state index contributed by atoms with van der Waals surface area (Å²) in [5.41, 5.74) is 1.99. The fraction of sp³-hybridized carbons (Fsp3) is 0.353. The monoisotopic (exact) mass is 312 g/mol. The molecular formula is C17H20N4O2. The molecule has 2 heterocycles. The molecule has 1 aromatic carbocycles. The van der Waals surface area contributed by atoms with Crippen LogP contribution in [-0.4, -0.2) is 34.7 Å². The molecule has 0 saturated heterocycles. The van der Waals surface area contributed by atoms with Crippen molar-refractivity contribution in [3.05, 3.63) is 48.3 Å². The minimum absolute atomic E-state index is 0.0113. The van der Waals surface area contributed by atoms with Gasteiger partial charge >= 0.3 is 0 Å². The topological polar surface area (TPSA) is 67.2 Å². The second kappa shape index (κ2) is 7.09. The van der Waals surface area contributed by atoms with Crippen molar-refractivity contribution in [1.82, 2.24) is 15.1 Å². The summed E-state index contributed by atoms with van der Waals surface area (Å²) >= 11 is 0. The molecule has 0 atom stereocenters. The molecule has 0 fully saturated rings. The number of carbonyl (C=O) groups excluding carboxylic acids is 2. The summed E-state index contributed by atoms with van der Waals surface area (Å²) in [6.45, 7) is 1.17. The maximum atomic E-state index is 12.3. The van der Waals surface area contributed by atoms with Gasteiger partial charge in [0.2, 0.25) is 11.8 Å². The van der Waals surface area contributed by atoms with Gasteiger partial charge in [0.25, 0.3) is 0 Å². The van der Waals surface area contributed by atoms with Crippen molar-refractivity contribution in [3.63, 3.8) is 0 Å². The molecule has 0 unspecified atom stereocenters. The average molecular weight is 312 g/mol. The van der Waals surface area contributed by atoms with Crippen LogP contribution in [-0.2, 0) is 22.6 Å². The first-order chi connectivity index (χ1) is 11.2. The highest BCUT2D eigenvalue weighted by Crippen LogP contribution is 2.26. The number of aryl methyl sites for hydroxylation is 1. The van der Waals surface area contributed by atoms with E-state index in [9.17, 15) is 9.59 Å². The van der Waals surface area contributed by atoms with E-state index >= 15 is 0 Å². The molecule has 1 aliphatic rings. The van der Waals surface area contributed by atoms with Gasteiger partial charge in [0.1, 0.15) is 6.54 Å². The van der Waals surface area contributed by atoms with E-state index in [2.05, 4.69) is 10.4 Å². The van der Waals surface area contributed by atoms with Gasteiger partial charge in [-0.05, 0) is 30.5 Å².